The highest BCUT2D eigenvalue weighted by Gasteiger charge is 2.07. The maximum atomic E-state index is 10.9. The van der Waals surface area contributed by atoms with E-state index in [0.717, 1.165) is 18.7 Å². The molecular weight excluding hydrogens is 242 g/mol. The van der Waals surface area contributed by atoms with Gasteiger partial charge >= 0.3 is 5.97 Å². The molecule has 1 aromatic rings. The van der Waals surface area contributed by atoms with E-state index < -0.39 is 0 Å². The summed E-state index contributed by atoms with van der Waals surface area (Å²) in [5, 5.41) is 3.43. The molecule has 0 spiro atoms. The molecule has 0 aliphatic carbocycles. The first-order valence-corrected chi connectivity index (χ1v) is 6.74. The maximum Gasteiger partial charge on any atom is 0.308 e. The Balaban J connectivity index is 2.49. The van der Waals surface area contributed by atoms with Gasteiger partial charge in [0.25, 0.3) is 0 Å². The average Bonchev–Trinajstić information content (AvgIpc) is 2.45. The third kappa shape index (κ3) is 5.30. The summed E-state index contributed by atoms with van der Waals surface area (Å²) >= 11 is 0. The van der Waals surface area contributed by atoms with Gasteiger partial charge in [0, 0.05) is 6.04 Å². The molecule has 0 aliphatic rings. The van der Waals surface area contributed by atoms with Gasteiger partial charge in [0.05, 0.1) is 20.1 Å². The van der Waals surface area contributed by atoms with Gasteiger partial charge in [-0.2, -0.15) is 0 Å². The molecule has 0 radical (unpaired) electrons. The van der Waals surface area contributed by atoms with Gasteiger partial charge in [0.15, 0.2) is 0 Å². The number of hydrogen-bond donors (Lipinski definition) is 1. The second-order valence-electron chi connectivity index (χ2n) is 4.26. The summed E-state index contributed by atoms with van der Waals surface area (Å²) in [6.07, 6.45) is 1.32. The third-order valence-corrected chi connectivity index (χ3v) is 2.94. The molecule has 4 nitrogen and oxygen atoms in total. The Kier molecular flexibility index (Phi) is 6.97. The number of carbonyl (C=O) groups is 1. The maximum absolute atomic E-state index is 10.9. The Morgan fingerprint density at radius 3 is 2.47 bits per heavy atom. The fourth-order valence-corrected chi connectivity index (χ4v) is 1.89. The molecule has 4 heteroatoms. The van der Waals surface area contributed by atoms with E-state index in [1.807, 2.05) is 12.1 Å². The largest absolute Gasteiger partial charge is 0.493 e. The molecule has 0 saturated carbocycles. The summed E-state index contributed by atoms with van der Waals surface area (Å²) in [6, 6.07) is 8.38. The molecule has 106 valence electrons. The molecule has 1 unspecified atom stereocenters. The van der Waals surface area contributed by atoms with Crippen LogP contribution in [0.3, 0.4) is 0 Å². The third-order valence-electron chi connectivity index (χ3n) is 2.94. The van der Waals surface area contributed by atoms with Crippen LogP contribution in [-0.4, -0.2) is 26.2 Å². The number of rotatable bonds is 8. The van der Waals surface area contributed by atoms with E-state index in [1.54, 1.807) is 0 Å². The summed E-state index contributed by atoms with van der Waals surface area (Å²) in [5.74, 6) is 0.522. The summed E-state index contributed by atoms with van der Waals surface area (Å²) in [5.41, 5.74) is 1.25. The number of esters is 1. The predicted molar refractivity (Wildman–Crippen MR) is 75.3 cm³/mol. The van der Waals surface area contributed by atoms with Crippen LogP contribution in [-0.2, 0) is 9.53 Å². The summed E-state index contributed by atoms with van der Waals surface area (Å²) in [4.78, 5) is 10.9. The van der Waals surface area contributed by atoms with E-state index in [4.69, 9.17) is 4.74 Å². The number of hydrogen-bond acceptors (Lipinski definition) is 4. The molecule has 1 aromatic carbocycles. The van der Waals surface area contributed by atoms with Crippen LogP contribution in [0.25, 0.3) is 0 Å². The standard InChI is InChI=1S/C15H23NO3/c1-4-14(16-5-2)12-6-8-13(9-7-12)19-11-10-15(17)18-3/h6-9,14,16H,4-5,10-11H2,1-3H3. The van der Waals surface area contributed by atoms with Gasteiger partial charge < -0.3 is 14.8 Å². The minimum Gasteiger partial charge on any atom is -0.493 e. The monoisotopic (exact) mass is 265 g/mol. The van der Waals surface area contributed by atoms with Crippen LogP contribution < -0.4 is 10.1 Å². The van der Waals surface area contributed by atoms with Gasteiger partial charge in [0.2, 0.25) is 0 Å². The molecule has 1 rings (SSSR count). The first-order valence-electron chi connectivity index (χ1n) is 6.74. The van der Waals surface area contributed by atoms with Gasteiger partial charge in [-0.25, -0.2) is 0 Å². The number of ether oxygens (including phenoxy) is 2. The van der Waals surface area contributed by atoms with Crippen molar-refractivity contribution in [2.75, 3.05) is 20.3 Å². The highest BCUT2D eigenvalue weighted by molar-refractivity contribution is 5.69. The van der Waals surface area contributed by atoms with E-state index in [2.05, 4.69) is 36.0 Å². The molecule has 0 fully saturated rings. The second-order valence-corrected chi connectivity index (χ2v) is 4.26. The molecule has 19 heavy (non-hydrogen) atoms. The topological polar surface area (TPSA) is 47.6 Å². The Hall–Kier alpha value is -1.55. The Morgan fingerprint density at radius 2 is 1.95 bits per heavy atom. The van der Waals surface area contributed by atoms with E-state index in [-0.39, 0.29) is 12.4 Å². The fraction of sp³-hybridized carbons (Fsp3) is 0.533. The number of benzene rings is 1. The van der Waals surface area contributed by atoms with Gasteiger partial charge in [-0.1, -0.05) is 26.0 Å². The lowest BCUT2D eigenvalue weighted by Crippen LogP contribution is -2.19. The van der Waals surface area contributed by atoms with Crippen molar-refractivity contribution in [1.82, 2.24) is 5.32 Å². The number of nitrogens with one attached hydrogen (secondary N) is 1. The van der Waals surface area contributed by atoms with Gasteiger partial charge in [-0.15, -0.1) is 0 Å². The average molecular weight is 265 g/mol. The molecule has 0 aliphatic heterocycles. The first-order chi connectivity index (χ1) is 9.21. The van der Waals surface area contributed by atoms with E-state index in [0.29, 0.717) is 12.6 Å². The van der Waals surface area contributed by atoms with Gasteiger partial charge in [-0.05, 0) is 30.7 Å². The highest BCUT2D eigenvalue weighted by Crippen LogP contribution is 2.20. The highest BCUT2D eigenvalue weighted by atomic mass is 16.5. The lowest BCUT2D eigenvalue weighted by molar-refractivity contribution is -0.141. The van der Waals surface area contributed by atoms with Crippen molar-refractivity contribution in [1.29, 1.82) is 0 Å². The van der Waals surface area contributed by atoms with Crippen LogP contribution in [0.2, 0.25) is 0 Å². The zero-order valence-electron chi connectivity index (χ0n) is 11.9. The molecule has 0 aromatic heterocycles. The molecule has 0 bridgehead atoms. The van der Waals surface area contributed by atoms with Gasteiger partial charge in [-0.3, -0.25) is 4.79 Å². The Labute approximate surface area is 115 Å². The predicted octanol–water partition coefficient (Wildman–Crippen LogP) is 2.69. The number of carbonyl (C=O) groups excluding carboxylic acids is 1. The smallest absolute Gasteiger partial charge is 0.308 e. The molecular formula is C15H23NO3. The summed E-state index contributed by atoms with van der Waals surface area (Å²) < 4.78 is 10.0. The van der Waals surface area contributed by atoms with Crippen LogP contribution in [0.4, 0.5) is 0 Å². The van der Waals surface area contributed by atoms with Crippen molar-refractivity contribution in [3.05, 3.63) is 29.8 Å². The van der Waals surface area contributed by atoms with Crippen molar-refractivity contribution in [3.8, 4) is 5.75 Å². The Bertz CT molecular complexity index is 375. The molecule has 0 saturated heterocycles. The zero-order chi connectivity index (χ0) is 14.1. The van der Waals surface area contributed by atoms with Crippen molar-refractivity contribution >= 4 is 5.97 Å². The normalized spacial score (nSPS) is 11.9. The van der Waals surface area contributed by atoms with Crippen molar-refractivity contribution in [2.45, 2.75) is 32.7 Å². The molecule has 0 amide bonds. The zero-order valence-corrected chi connectivity index (χ0v) is 11.9. The lowest BCUT2D eigenvalue weighted by atomic mass is 10.0. The van der Waals surface area contributed by atoms with Crippen LogP contribution in [0.1, 0.15) is 38.3 Å². The Morgan fingerprint density at radius 1 is 1.26 bits per heavy atom. The lowest BCUT2D eigenvalue weighted by Gasteiger charge is -2.16. The van der Waals surface area contributed by atoms with Crippen LogP contribution in [0.5, 0.6) is 5.75 Å². The second kappa shape index (κ2) is 8.53. The van der Waals surface area contributed by atoms with E-state index in [1.165, 1.54) is 12.7 Å². The SMILES string of the molecule is CCNC(CC)c1ccc(OCCC(=O)OC)cc1. The van der Waals surface area contributed by atoms with Crippen LogP contribution >= 0.6 is 0 Å². The summed E-state index contributed by atoms with van der Waals surface area (Å²) in [6.45, 7) is 5.56. The van der Waals surface area contributed by atoms with E-state index >= 15 is 0 Å². The molecule has 0 heterocycles. The van der Waals surface area contributed by atoms with E-state index in [9.17, 15) is 4.79 Å². The summed E-state index contributed by atoms with van der Waals surface area (Å²) in [7, 11) is 1.38. The first kappa shape index (κ1) is 15.5. The molecule has 1 atom stereocenters. The van der Waals surface area contributed by atoms with Crippen molar-refractivity contribution < 1.29 is 14.3 Å². The van der Waals surface area contributed by atoms with Gasteiger partial charge in [0.1, 0.15) is 5.75 Å². The minimum absolute atomic E-state index is 0.255. The van der Waals surface area contributed by atoms with Crippen LogP contribution in [0, 0.1) is 0 Å². The fourth-order valence-electron chi connectivity index (χ4n) is 1.89. The van der Waals surface area contributed by atoms with Crippen molar-refractivity contribution in [3.63, 3.8) is 0 Å². The number of methoxy groups -OCH3 is 1. The minimum atomic E-state index is -0.255. The quantitative estimate of drug-likeness (QED) is 0.734. The van der Waals surface area contributed by atoms with Crippen molar-refractivity contribution in [2.24, 2.45) is 0 Å². The molecule has 1 N–H and O–H groups in total. The van der Waals surface area contributed by atoms with Crippen LogP contribution in [0.15, 0.2) is 24.3 Å².